The van der Waals surface area contributed by atoms with Crippen molar-refractivity contribution in [3.05, 3.63) is 19.1 Å². The van der Waals surface area contributed by atoms with E-state index in [2.05, 4.69) is 6.92 Å². The predicted octanol–water partition coefficient (Wildman–Crippen LogP) is 0.899. The van der Waals surface area contributed by atoms with E-state index in [4.69, 9.17) is 5.11 Å². The first-order chi connectivity index (χ1) is 4.48. The zero-order valence-corrected chi connectivity index (χ0v) is 6.54. The van der Waals surface area contributed by atoms with Crippen LogP contribution >= 0.6 is 0 Å². The second-order valence-electron chi connectivity index (χ2n) is 2.82. The monoisotopic (exact) mass is 143 g/mol. The smallest absolute Gasteiger partial charge is 0.100 e. The molecule has 2 N–H and O–H groups in total. The molecule has 1 unspecified atom stereocenters. The fourth-order valence-electron chi connectivity index (χ4n) is 0.461. The topological polar surface area (TPSA) is 40.5 Å². The molecule has 2 nitrogen and oxygen atoms in total. The third kappa shape index (κ3) is 3.64. The molecule has 0 spiro atoms. The summed E-state index contributed by atoms with van der Waals surface area (Å²) in [5.74, 6) is 0. The number of aliphatic hydroxyl groups is 2. The molecule has 1 radical (unpaired) electrons. The minimum atomic E-state index is -1.05. The maximum absolute atomic E-state index is 9.19. The Labute approximate surface area is 62.2 Å². The number of rotatable bonds is 3. The van der Waals surface area contributed by atoms with Crippen molar-refractivity contribution >= 4 is 0 Å². The van der Waals surface area contributed by atoms with E-state index in [0.717, 1.165) is 0 Å². The number of allylic oxidation sites excluding steroid dienone is 1. The predicted molar refractivity (Wildman–Crippen MR) is 41.4 cm³/mol. The largest absolute Gasteiger partial charge is 0.387 e. The van der Waals surface area contributed by atoms with Gasteiger partial charge in [0.2, 0.25) is 0 Å². The van der Waals surface area contributed by atoms with Gasteiger partial charge in [0.25, 0.3) is 0 Å². The van der Waals surface area contributed by atoms with E-state index in [1.807, 2.05) is 0 Å². The molecule has 0 saturated carbocycles. The van der Waals surface area contributed by atoms with Crippen LogP contribution in [0.1, 0.15) is 20.3 Å². The highest BCUT2D eigenvalue weighted by molar-refractivity contribution is 4.96. The number of aliphatic hydroxyl groups excluding tert-OH is 1. The van der Waals surface area contributed by atoms with Crippen LogP contribution in [0.15, 0.2) is 12.2 Å². The van der Waals surface area contributed by atoms with Gasteiger partial charge < -0.3 is 10.2 Å². The summed E-state index contributed by atoms with van der Waals surface area (Å²) >= 11 is 0. The Morgan fingerprint density at radius 2 is 2.10 bits per heavy atom. The molecule has 0 aromatic heterocycles. The van der Waals surface area contributed by atoms with Crippen molar-refractivity contribution in [2.45, 2.75) is 32.0 Å². The normalized spacial score (nSPS) is 16.1. The Bertz CT molecular complexity index is 111. The number of hydrogen-bond donors (Lipinski definition) is 2. The Balaban J connectivity index is 3.84. The fraction of sp³-hybridized carbons (Fsp3) is 0.625. The van der Waals surface area contributed by atoms with E-state index in [0.29, 0.717) is 6.42 Å². The van der Waals surface area contributed by atoms with Gasteiger partial charge >= 0.3 is 0 Å². The highest BCUT2D eigenvalue weighted by atomic mass is 16.3. The van der Waals surface area contributed by atoms with Crippen LogP contribution in [0.2, 0.25) is 0 Å². The molecule has 0 aliphatic heterocycles. The molecule has 0 bridgehead atoms. The van der Waals surface area contributed by atoms with Gasteiger partial charge in [-0.3, -0.25) is 0 Å². The van der Waals surface area contributed by atoms with E-state index in [-0.39, 0.29) is 0 Å². The standard InChI is InChI=1S/C8H15O2/c1-4-5-6-7(9)8(2,3)10/h5-7,9-10H,1,4H2,2-3H3/b6-5+. The summed E-state index contributed by atoms with van der Waals surface area (Å²) in [4.78, 5) is 0. The molecule has 0 aliphatic carbocycles. The van der Waals surface area contributed by atoms with E-state index < -0.39 is 11.7 Å². The van der Waals surface area contributed by atoms with Crippen molar-refractivity contribution in [1.29, 1.82) is 0 Å². The third-order valence-corrected chi connectivity index (χ3v) is 1.21. The molecule has 0 heterocycles. The molecular formula is C8H15O2. The molecular weight excluding hydrogens is 128 g/mol. The second-order valence-corrected chi connectivity index (χ2v) is 2.82. The van der Waals surface area contributed by atoms with E-state index in [1.165, 1.54) is 0 Å². The van der Waals surface area contributed by atoms with Crippen molar-refractivity contribution in [1.82, 2.24) is 0 Å². The van der Waals surface area contributed by atoms with Crippen molar-refractivity contribution in [3.63, 3.8) is 0 Å². The lowest BCUT2D eigenvalue weighted by molar-refractivity contribution is -0.0226. The summed E-state index contributed by atoms with van der Waals surface area (Å²) in [6, 6.07) is 0. The van der Waals surface area contributed by atoms with Gasteiger partial charge in [-0.2, -0.15) is 0 Å². The van der Waals surface area contributed by atoms with Crippen LogP contribution in [0.5, 0.6) is 0 Å². The summed E-state index contributed by atoms with van der Waals surface area (Å²) < 4.78 is 0. The summed E-state index contributed by atoms with van der Waals surface area (Å²) in [5, 5.41) is 18.3. The van der Waals surface area contributed by atoms with Gasteiger partial charge in [-0.05, 0) is 27.2 Å². The average Bonchev–Trinajstić information content (AvgIpc) is 1.80. The summed E-state index contributed by atoms with van der Waals surface area (Å²) in [5.41, 5.74) is -1.05. The minimum absolute atomic E-state index is 0.632. The quantitative estimate of drug-likeness (QED) is 0.576. The average molecular weight is 143 g/mol. The Kier molecular flexibility index (Phi) is 3.61. The Hall–Kier alpha value is -0.340. The maximum Gasteiger partial charge on any atom is 0.100 e. The minimum Gasteiger partial charge on any atom is -0.387 e. The van der Waals surface area contributed by atoms with Crippen LogP contribution in [-0.4, -0.2) is 21.9 Å². The summed E-state index contributed by atoms with van der Waals surface area (Å²) in [6.45, 7) is 6.68. The van der Waals surface area contributed by atoms with Crippen molar-refractivity contribution < 1.29 is 10.2 Å². The van der Waals surface area contributed by atoms with E-state index in [9.17, 15) is 5.11 Å². The molecule has 0 aromatic carbocycles. The molecule has 59 valence electrons. The molecule has 10 heavy (non-hydrogen) atoms. The van der Waals surface area contributed by atoms with E-state index >= 15 is 0 Å². The van der Waals surface area contributed by atoms with Crippen molar-refractivity contribution in [2.75, 3.05) is 0 Å². The second kappa shape index (κ2) is 3.74. The molecule has 0 aliphatic rings. The number of hydrogen-bond acceptors (Lipinski definition) is 2. The van der Waals surface area contributed by atoms with Gasteiger partial charge in [-0.1, -0.05) is 12.2 Å². The van der Waals surface area contributed by atoms with Crippen LogP contribution < -0.4 is 0 Å². The van der Waals surface area contributed by atoms with Crippen LogP contribution in [0.4, 0.5) is 0 Å². The molecule has 0 rings (SSSR count). The van der Waals surface area contributed by atoms with Crippen molar-refractivity contribution in [3.8, 4) is 0 Å². The molecule has 1 atom stereocenters. The van der Waals surface area contributed by atoms with Gasteiger partial charge in [0, 0.05) is 0 Å². The fourth-order valence-corrected chi connectivity index (χ4v) is 0.461. The highest BCUT2D eigenvalue weighted by Crippen LogP contribution is 2.08. The zero-order chi connectivity index (χ0) is 8.20. The Morgan fingerprint density at radius 3 is 2.40 bits per heavy atom. The summed E-state index contributed by atoms with van der Waals surface area (Å²) in [7, 11) is 0. The zero-order valence-electron chi connectivity index (χ0n) is 6.54. The van der Waals surface area contributed by atoms with Gasteiger partial charge in [0.15, 0.2) is 0 Å². The van der Waals surface area contributed by atoms with Crippen LogP contribution in [-0.2, 0) is 0 Å². The molecule has 0 amide bonds. The summed E-state index contributed by atoms with van der Waals surface area (Å²) in [6.07, 6.45) is 3.11. The highest BCUT2D eigenvalue weighted by Gasteiger charge is 2.20. The molecule has 2 heteroatoms. The Morgan fingerprint density at radius 1 is 1.60 bits per heavy atom. The molecule has 0 fully saturated rings. The van der Waals surface area contributed by atoms with Gasteiger partial charge in [-0.15, -0.1) is 0 Å². The lowest BCUT2D eigenvalue weighted by Crippen LogP contribution is -2.33. The lowest BCUT2D eigenvalue weighted by Gasteiger charge is -2.21. The first-order valence-corrected chi connectivity index (χ1v) is 3.35. The molecule has 0 saturated heterocycles. The first-order valence-electron chi connectivity index (χ1n) is 3.35. The van der Waals surface area contributed by atoms with Gasteiger partial charge in [0.05, 0.1) is 5.60 Å². The van der Waals surface area contributed by atoms with Gasteiger partial charge in [-0.25, -0.2) is 0 Å². The van der Waals surface area contributed by atoms with Crippen LogP contribution in [0, 0.1) is 6.92 Å². The third-order valence-electron chi connectivity index (χ3n) is 1.21. The maximum atomic E-state index is 9.19. The SMILES string of the molecule is [CH2]C/C=C/C(O)C(C)(C)O. The van der Waals surface area contributed by atoms with E-state index in [1.54, 1.807) is 26.0 Å². The van der Waals surface area contributed by atoms with Crippen LogP contribution in [0.25, 0.3) is 0 Å². The molecule has 0 aromatic rings. The lowest BCUT2D eigenvalue weighted by atomic mass is 10.0. The van der Waals surface area contributed by atoms with Gasteiger partial charge in [0.1, 0.15) is 6.10 Å². The van der Waals surface area contributed by atoms with Crippen molar-refractivity contribution in [2.24, 2.45) is 0 Å². The van der Waals surface area contributed by atoms with Crippen LogP contribution in [0.3, 0.4) is 0 Å². The first kappa shape index (κ1) is 9.66.